The molecule has 0 bridgehead atoms. The van der Waals surface area contributed by atoms with Gasteiger partial charge < -0.3 is 9.47 Å². The number of thiazole rings is 1. The maximum Gasteiger partial charge on any atom is 0.229 e. The second-order valence-corrected chi connectivity index (χ2v) is 9.17. The number of hydrogen-bond donors (Lipinski definition) is 0. The number of anilines is 1. The second-order valence-electron chi connectivity index (χ2n) is 7.02. The van der Waals surface area contributed by atoms with Crippen molar-refractivity contribution in [3.8, 4) is 11.5 Å². The lowest BCUT2D eigenvalue weighted by Crippen LogP contribution is -2.30. The van der Waals surface area contributed by atoms with Crippen LogP contribution in [0.5, 0.6) is 11.5 Å². The van der Waals surface area contributed by atoms with Gasteiger partial charge >= 0.3 is 0 Å². The molecule has 4 aromatic rings. The Labute approximate surface area is 196 Å². The van der Waals surface area contributed by atoms with E-state index in [0.29, 0.717) is 35.1 Å². The first-order chi connectivity index (χ1) is 15.7. The number of methoxy groups -OCH3 is 2. The van der Waals surface area contributed by atoms with Crippen LogP contribution in [0.25, 0.3) is 10.2 Å². The van der Waals surface area contributed by atoms with Crippen molar-refractivity contribution in [3.63, 3.8) is 0 Å². The molecular formula is C25H24N2O3S2. The van der Waals surface area contributed by atoms with Gasteiger partial charge in [0.2, 0.25) is 5.91 Å². The molecule has 0 aliphatic carbocycles. The van der Waals surface area contributed by atoms with E-state index in [2.05, 4.69) is 12.1 Å². The third-order valence-corrected chi connectivity index (χ3v) is 7.05. The molecule has 0 radical (unpaired) electrons. The molecule has 0 spiro atoms. The van der Waals surface area contributed by atoms with E-state index in [0.717, 1.165) is 20.9 Å². The standard InChI is InChI=1S/C25H24N2O3S2/c1-29-20-13-14-21(30-2)24-23(20)26-25(32-24)27(17-18-9-5-3-6-10-18)22(28)15-16-31-19-11-7-4-8-12-19/h3-14H,15-17H2,1-2H3. The predicted molar refractivity (Wildman–Crippen MR) is 132 cm³/mol. The Kier molecular flexibility index (Phi) is 7.29. The molecule has 0 aliphatic heterocycles. The van der Waals surface area contributed by atoms with Crippen LogP contribution in [0, 0.1) is 0 Å². The molecule has 0 saturated heterocycles. The summed E-state index contributed by atoms with van der Waals surface area (Å²) in [5.41, 5.74) is 1.76. The monoisotopic (exact) mass is 464 g/mol. The molecule has 5 nitrogen and oxygen atoms in total. The van der Waals surface area contributed by atoms with E-state index in [1.165, 1.54) is 11.3 Å². The number of carbonyl (C=O) groups excluding carboxylic acids is 1. The number of carbonyl (C=O) groups is 1. The highest BCUT2D eigenvalue weighted by molar-refractivity contribution is 7.99. The van der Waals surface area contributed by atoms with Crippen molar-refractivity contribution in [2.75, 3.05) is 24.9 Å². The maximum absolute atomic E-state index is 13.3. The molecule has 7 heteroatoms. The Morgan fingerprint density at radius 3 is 2.28 bits per heavy atom. The second kappa shape index (κ2) is 10.5. The van der Waals surface area contributed by atoms with Gasteiger partial charge in [0.1, 0.15) is 21.7 Å². The first kappa shape index (κ1) is 22.2. The molecule has 0 unspecified atom stereocenters. The predicted octanol–water partition coefficient (Wildman–Crippen LogP) is 6.03. The average molecular weight is 465 g/mol. The fourth-order valence-corrected chi connectivity index (χ4v) is 5.28. The summed E-state index contributed by atoms with van der Waals surface area (Å²) in [6.45, 7) is 0.458. The van der Waals surface area contributed by atoms with Crippen LogP contribution in [-0.2, 0) is 11.3 Å². The molecule has 0 aliphatic rings. The van der Waals surface area contributed by atoms with E-state index in [9.17, 15) is 4.79 Å². The summed E-state index contributed by atoms with van der Waals surface area (Å²) < 4.78 is 11.9. The van der Waals surface area contributed by atoms with Gasteiger partial charge in [-0.25, -0.2) is 4.98 Å². The van der Waals surface area contributed by atoms with Crippen LogP contribution < -0.4 is 14.4 Å². The SMILES string of the molecule is COc1ccc(OC)c2sc(N(Cc3ccccc3)C(=O)CCSc3ccccc3)nc12. The molecule has 1 heterocycles. The van der Waals surface area contributed by atoms with E-state index in [4.69, 9.17) is 14.5 Å². The van der Waals surface area contributed by atoms with Gasteiger partial charge in [-0.1, -0.05) is 59.9 Å². The fourth-order valence-electron chi connectivity index (χ4n) is 3.33. The van der Waals surface area contributed by atoms with E-state index in [-0.39, 0.29) is 5.91 Å². The van der Waals surface area contributed by atoms with Crippen molar-refractivity contribution < 1.29 is 14.3 Å². The van der Waals surface area contributed by atoms with Crippen LogP contribution >= 0.6 is 23.1 Å². The normalized spacial score (nSPS) is 10.8. The number of aromatic nitrogens is 1. The summed E-state index contributed by atoms with van der Waals surface area (Å²) in [4.78, 5) is 21.1. The summed E-state index contributed by atoms with van der Waals surface area (Å²) >= 11 is 3.13. The highest BCUT2D eigenvalue weighted by atomic mass is 32.2. The van der Waals surface area contributed by atoms with Crippen LogP contribution in [0.4, 0.5) is 5.13 Å². The van der Waals surface area contributed by atoms with Crippen LogP contribution in [0.2, 0.25) is 0 Å². The van der Waals surface area contributed by atoms with Gasteiger partial charge in [0.25, 0.3) is 0 Å². The Morgan fingerprint density at radius 2 is 1.59 bits per heavy atom. The van der Waals surface area contributed by atoms with Crippen LogP contribution in [0.3, 0.4) is 0 Å². The van der Waals surface area contributed by atoms with Crippen LogP contribution in [0.15, 0.2) is 77.7 Å². The maximum atomic E-state index is 13.3. The Bertz CT molecular complexity index is 1140. The van der Waals surface area contributed by atoms with E-state index >= 15 is 0 Å². The van der Waals surface area contributed by atoms with Gasteiger partial charge in [0.05, 0.1) is 20.8 Å². The molecule has 0 N–H and O–H groups in total. The average Bonchev–Trinajstić information content (AvgIpc) is 3.28. The number of nitrogens with zero attached hydrogens (tertiary/aromatic N) is 2. The lowest BCUT2D eigenvalue weighted by molar-refractivity contribution is -0.118. The quantitative estimate of drug-likeness (QED) is 0.283. The Balaban J connectivity index is 1.62. The minimum Gasteiger partial charge on any atom is -0.495 e. The van der Waals surface area contributed by atoms with Gasteiger partial charge in [0.15, 0.2) is 5.13 Å². The Morgan fingerprint density at radius 1 is 0.938 bits per heavy atom. The van der Waals surface area contributed by atoms with Crippen molar-refractivity contribution in [2.45, 2.75) is 17.9 Å². The van der Waals surface area contributed by atoms with Crippen LogP contribution in [0.1, 0.15) is 12.0 Å². The number of rotatable bonds is 9. The van der Waals surface area contributed by atoms with E-state index < -0.39 is 0 Å². The molecule has 1 amide bonds. The van der Waals surface area contributed by atoms with Gasteiger partial charge in [-0.3, -0.25) is 9.69 Å². The first-order valence-electron chi connectivity index (χ1n) is 10.2. The fraction of sp³-hybridized carbons (Fsp3) is 0.200. The largest absolute Gasteiger partial charge is 0.495 e. The molecular weight excluding hydrogens is 440 g/mol. The van der Waals surface area contributed by atoms with Gasteiger partial charge in [-0.15, -0.1) is 11.8 Å². The van der Waals surface area contributed by atoms with Crippen LogP contribution in [-0.4, -0.2) is 30.9 Å². The lowest BCUT2D eigenvalue weighted by Gasteiger charge is -2.20. The minimum atomic E-state index is 0.0364. The molecule has 0 atom stereocenters. The molecule has 4 rings (SSSR count). The number of hydrogen-bond acceptors (Lipinski definition) is 6. The summed E-state index contributed by atoms with van der Waals surface area (Å²) in [6, 6.07) is 23.8. The van der Waals surface area contributed by atoms with Crippen molar-refractivity contribution >= 4 is 44.4 Å². The van der Waals surface area contributed by atoms with Crippen molar-refractivity contribution in [1.29, 1.82) is 0 Å². The number of amides is 1. The number of fused-ring (bicyclic) bond motifs is 1. The van der Waals surface area contributed by atoms with Gasteiger partial charge in [-0.2, -0.15) is 0 Å². The number of thioether (sulfide) groups is 1. The molecule has 0 fully saturated rings. The topological polar surface area (TPSA) is 51.7 Å². The molecule has 3 aromatic carbocycles. The molecule has 164 valence electrons. The first-order valence-corrected chi connectivity index (χ1v) is 12.0. The zero-order valence-electron chi connectivity index (χ0n) is 18.0. The van der Waals surface area contributed by atoms with Crippen molar-refractivity contribution in [3.05, 3.63) is 78.4 Å². The zero-order valence-corrected chi connectivity index (χ0v) is 19.6. The number of ether oxygens (including phenoxy) is 2. The third kappa shape index (κ3) is 5.06. The minimum absolute atomic E-state index is 0.0364. The summed E-state index contributed by atoms with van der Waals surface area (Å²) in [6.07, 6.45) is 0.413. The lowest BCUT2D eigenvalue weighted by atomic mass is 10.2. The smallest absolute Gasteiger partial charge is 0.229 e. The summed E-state index contributed by atoms with van der Waals surface area (Å²) in [5.74, 6) is 2.12. The molecule has 0 saturated carbocycles. The summed E-state index contributed by atoms with van der Waals surface area (Å²) in [7, 11) is 3.25. The van der Waals surface area contributed by atoms with Gasteiger partial charge in [0, 0.05) is 17.1 Å². The number of benzene rings is 3. The Hall–Kier alpha value is -3.03. The highest BCUT2D eigenvalue weighted by Crippen LogP contribution is 2.40. The molecule has 1 aromatic heterocycles. The van der Waals surface area contributed by atoms with E-state index in [1.54, 1.807) is 30.9 Å². The summed E-state index contributed by atoms with van der Waals surface area (Å²) in [5, 5.41) is 0.640. The van der Waals surface area contributed by atoms with Crippen molar-refractivity contribution in [1.82, 2.24) is 4.98 Å². The van der Waals surface area contributed by atoms with E-state index in [1.807, 2.05) is 60.7 Å². The zero-order chi connectivity index (χ0) is 22.3. The van der Waals surface area contributed by atoms with Gasteiger partial charge in [-0.05, 0) is 29.8 Å². The third-order valence-electron chi connectivity index (χ3n) is 4.94. The van der Waals surface area contributed by atoms with Crippen molar-refractivity contribution in [2.24, 2.45) is 0 Å². The highest BCUT2D eigenvalue weighted by Gasteiger charge is 2.22. The molecule has 32 heavy (non-hydrogen) atoms.